The third kappa shape index (κ3) is 4.90. The zero-order valence-electron chi connectivity index (χ0n) is 13.9. The van der Waals surface area contributed by atoms with Gasteiger partial charge in [0.25, 0.3) is 0 Å². The van der Waals surface area contributed by atoms with Crippen LogP contribution in [0.15, 0.2) is 18.3 Å². The Hall–Kier alpha value is -1.23. The van der Waals surface area contributed by atoms with Gasteiger partial charge in [-0.15, -0.1) is 0 Å². The van der Waals surface area contributed by atoms with E-state index in [1.807, 2.05) is 32.1 Å². The number of nitrogens with zero attached hydrogens (tertiary/aromatic N) is 3. The van der Waals surface area contributed by atoms with Crippen molar-refractivity contribution in [2.45, 2.75) is 31.4 Å². The summed E-state index contributed by atoms with van der Waals surface area (Å²) in [5.74, 6) is 2.93. The summed E-state index contributed by atoms with van der Waals surface area (Å²) < 4.78 is 0. The second kappa shape index (κ2) is 8.42. The summed E-state index contributed by atoms with van der Waals surface area (Å²) >= 11 is 1.82. The molecule has 22 heavy (non-hydrogen) atoms. The van der Waals surface area contributed by atoms with Crippen molar-refractivity contribution in [3.8, 4) is 0 Å². The number of pyridine rings is 1. The van der Waals surface area contributed by atoms with E-state index in [1.54, 1.807) is 4.90 Å². The van der Waals surface area contributed by atoms with Gasteiger partial charge in [-0.25, -0.2) is 4.98 Å². The molecule has 0 aromatic carbocycles. The van der Waals surface area contributed by atoms with Crippen LogP contribution in [0.25, 0.3) is 0 Å². The SMILES string of the molecule is CSCc1ccc(N2CCC[C@@H](CCC(=O)N(C)C)C2)nc1. The van der Waals surface area contributed by atoms with E-state index in [-0.39, 0.29) is 5.91 Å². The molecule has 1 saturated heterocycles. The van der Waals surface area contributed by atoms with Crippen LogP contribution in [-0.4, -0.2) is 49.2 Å². The van der Waals surface area contributed by atoms with Gasteiger partial charge in [0, 0.05) is 45.6 Å². The summed E-state index contributed by atoms with van der Waals surface area (Å²) in [6.07, 6.45) is 8.16. The van der Waals surface area contributed by atoms with Gasteiger partial charge < -0.3 is 9.80 Å². The Labute approximate surface area is 138 Å². The van der Waals surface area contributed by atoms with Crippen LogP contribution in [0.1, 0.15) is 31.2 Å². The van der Waals surface area contributed by atoms with Crippen molar-refractivity contribution in [2.75, 3.05) is 38.3 Å². The monoisotopic (exact) mass is 321 g/mol. The molecule has 0 unspecified atom stereocenters. The summed E-state index contributed by atoms with van der Waals surface area (Å²) in [5.41, 5.74) is 1.28. The zero-order chi connectivity index (χ0) is 15.9. The molecule has 0 saturated carbocycles. The first kappa shape index (κ1) is 17.1. The lowest BCUT2D eigenvalue weighted by Crippen LogP contribution is -2.36. The molecular weight excluding hydrogens is 294 g/mol. The van der Waals surface area contributed by atoms with E-state index in [0.29, 0.717) is 12.3 Å². The van der Waals surface area contributed by atoms with Crippen LogP contribution >= 0.6 is 11.8 Å². The fraction of sp³-hybridized carbons (Fsp3) is 0.647. The topological polar surface area (TPSA) is 36.4 Å². The Kier molecular flexibility index (Phi) is 6.55. The number of hydrogen-bond donors (Lipinski definition) is 0. The molecule has 1 atom stereocenters. The predicted molar refractivity (Wildman–Crippen MR) is 94.3 cm³/mol. The number of hydrogen-bond acceptors (Lipinski definition) is 4. The molecule has 0 N–H and O–H groups in total. The van der Waals surface area contributed by atoms with Gasteiger partial charge in [-0.05, 0) is 43.1 Å². The first-order valence-corrected chi connectivity index (χ1v) is 9.38. The zero-order valence-corrected chi connectivity index (χ0v) is 14.7. The van der Waals surface area contributed by atoms with Gasteiger partial charge in [0.15, 0.2) is 0 Å². The highest BCUT2D eigenvalue weighted by atomic mass is 32.2. The van der Waals surface area contributed by atoms with Crippen molar-refractivity contribution in [3.05, 3.63) is 23.9 Å². The van der Waals surface area contributed by atoms with Crippen LogP contribution in [0.2, 0.25) is 0 Å². The Morgan fingerprint density at radius 3 is 2.91 bits per heavy atom. The minimum atomic E-state index is 0.233. The standard InChI is InChI=1S/C17H27N3OS/c1-19(2)17(21)9-7-14-5-4-10-20(12-14)16-8-6-15(11-18-16)13-22-3/h6,8,11,14H,4-5,7,9-10,12-13H2,1-3H3/t14-/m0/s1. The summed E-state index contributed by atoms with van der Waals surface area (Å²) in [6.45, 7) is 2.10. The molecule has 0 bridgehead atoms. The van der Waals surface area contributed by atoms with Crippen molar-refractivity contribution < 1.29 is 4.79 Å². The number of carbonyl (C=O) groups excluding carboxylic acids is 1. The van der Waals surface area contributed by atoms with Crippen molar-refractivity contribution in [1.29, 1.82) is 0 Å². The van der Waals surface area contributed by atoms with E-state index in [4.69, 9.17) is 0 Å². The quantitative estimate of drug-likeness (QED) is 0.807. The van der Waals surface area contributed by atoms with Crippen molar-refractivity contribution in [2.24, 2.45) is 5.92 Å². The van der Waals surface area contributed by atoms with E-state index in [1.165, 1.54) is 18.4 Å². The third-order valence-electron chi connectivity index (χ3n) is 4.23. The lowest BCUT2D eigenvalue weighted by molar-refractivity contribution is -0.129. The first-order valence-electron chi connectivity index (χ1n) is 7.99. The van der Waals surface area contributed by atoms with E-state index in [9.17, 15) is 4.79 Å². The average molecular weight is 321 g/mol. The summed E-state index contributed by atoms with van der Waals surface area (Å²) in [5, 5.41) is 0. The van der Waals surface area contributed by atoms with Gasteiger partial charge in [-0.3, -0.25) is 4.79 Å². The first-order chi connectivity index (χ1) is 10.6. The molecule has 0 aliphatic carbocycles. The third-order valence-corrected chi connectivity index (χ3v) is 4.85. The lowest BCUT2D eigenvalue weighted by Gasteiger charge is -2.33. The Morgan fingerprint density at radius 2 is 2.27 bits per heavy atom. The number of piperidine rings is 1. The normalized spacial score (nSPS) is 18.3. The average Bonchev–Trinajstić information content (AvgIpc) is 2.54. The highest BCUT2D eigenvalue weighted by Crippen LogP contribution is 2.25. The maximum absolute atomic E-state index is 11.7. The molecule has 1 aliphatic rings. The summed E-state index contributed by atoms with van der Waals surface area (Å²) in [7, 11) is 3.66. The van der Waals surface area contributed by atoms with E-state index < -0.39 is 0 Å². The molecule has 122 valence electrons. The van der Waals surface area contributed by atoms with Crippen molar-refractivity contribution in [3.63, 3.8) is 0 Å². The van der Waals surface area contributed by atoms with Gasteiger partial charge >= 0.3 is 0 Å². The molecule has 1 amide bonds. The molecule has 0 spiro atoms. The molecule has 0 radical (unpaired) electrons. The van der Waals surface area contributed by atoms with Crippen LogP contribution < -0.4 is 4.90 Å². The fourth-order valence-corrected chi connectivity index (χ4v) is 3.42. The molecule has 4 nitrogen and oxygen atoms in total. The largest absolute Gasteiger partial charge is 0.356 e. The van der Waals surface area contributed by atoms with Gasteiger partial charge in [0.2, 0.25) is 5.91 Å². The maximum Gasteiger partial charge on any atom is 0.222 e. The van der Waals surface area contributed by atoms with Crippen molar-refractivity contribution in [1.82, 2.24) is 9.88 Å². The van der Waals surface area contributed by atoms with Crippen molar-refractivity contribution >= 4 is 23.5 Å². The smallest absolute Gasteiger partial charge is 0.222 e. The number of aromatic nitrogens is 1. The number of thioether (sulfide) groups is 1. The maximum atomic E-state index is 11.7. The fourth-order valence-electron chi connectivity index (χ4n) is 2.92. The summed E-state index contributed by atoms with van der Waals surface area (Å²) in [4.78, 5) is 20.4. The number of rotatable bonds is 6. The predicted octanol–water partition coefficient (Wildman–Crippen LogP) is 3.03. The number of anilines is 1. The van der Waals surface area contributed by atoms with E-state index in [2.05, 4.69) is 28.3 Å². The van der Waals surface area contributed by atoms with Gasteiger partial charge in [0.05, 0.1) is 0 Å². The highest BCUT2D eigenvalue weighted by Gasteiger charge is 2.21. The number of carbonyl (C=O) groups is 1. The molecule has 2 heterocycles. The van der Waals surface area contributed by atoms with Gasteiger partial charge in [-0.2, -0.15) is 11.8 Å². The minimum absolute atomic E-state index is 0.233. The van der Waals surface area contributed by atoms with Crippen LogP contribution in [0, 0.1) is 5.92 Å². The molecule has 5 heteroatoms. The molecule has 1 aromatic rings. The lowest BCUT2D eigenvalue weighted by atomic mass is 9.93. The molecule has 1 aliphatic heterocycles. The molecule has 1 aromatic heterocycles. The Balaban J connectivity index is 1.88. The summed E-state index contributed by atoms with van der Waals surface area (Å²) in [6, 6.07) is 4.32. The van der Waals surface area contributed by atoms with E-state index >= 15 is 0 Å². The van der Waals surface area contributed by atoms with Gasteiger partial charge in [0.1, 0.15) is 5.82 Å². The van der Waals surface area contributed by atoms with Crippen LogP contribution in [0.3, 0.4) is 0 Å². The van der Waals surface area contributed by atoms with Gasteiger partial charge in [-0.1, -0.05) is 6.07 Å². The molecule has 2 rings (SSSR count). The Morgan fingerprint density at radius 1 is 1.45 bits per heavy atom. The highest BCUT2D eigenvalue weighted by molar-refractivity contribution is 7.97. The van der Waals surface area contributed by atoms with E-state index in [0.717, 1.165) is 31.1 Å². The second-order valence-corrected chi connectivity index (χ2v) is 7.10. The Bertz CT molecular complexity index is 475. The molecular formula is C17H27N3OS. The number of amides is 1. The van der Waals surface area contributed by atoms with Crippen LogP contribution in [-0.2, 0) is 10.5 Å². The van der Waals surface area contributed by atoms with Crippen LogP contribution in [0.4, 0.5) is 5.82 Å². The minimum Gasteiger partial charge on any atom is -0.356 e. The van der Waals surface area contributed by atoms with Crippen LogP contribution in [0.5, 0.6) is 0 Å². The molecule has 1 fully saturated rings. The second-order valence-electron chi connectivity index (χ2n) is 6.24.